The fourth-order valence-electron chi connectivity index (χ4n) is 1.79. The van der Waals surface area contributed by atoms with Crippen LogP contribution in [0.15, 0.2) is 18.2 Å². The van der Waals surface area contributed by atoms with E-state index < -0.39 is 0 Å². The van der Waals surface area contributed by atoms with Gasteiger partial charge in [0.2, 0.25) is 0 Å². The van der Waals surface area contributed by atoms with E-state index in [1.807, 2.05) is 19.9 Å². The number of aromatic hydroxyl groups is 1. The number of nitrogens with zero attached hydrogens (tertiary/aromatic N) is 1. The third-order valence-electron chi connectivity index (χ3n) is 2.69. The summed E-state index contributed by atoms with van der Waals surface area (Å²) < 4.78 is 0. The summed E-state index contributed by atoms with van der Waals surface area (Å²) in [7, 11) is 0. The maximum Gasteiger partial charge on any atom is 0.145 e. The number of rotatable bonds is 2. The van der Waals surface area contributed by atoms with E-state index in [-0.39, 0.29) is 0 Å². The molecule has 0 saturated heterocycles. The number of hydrogen-bond acceptors (Lipinski definition) is 3. The Morgan fingerprint density at radius 2 is 2.12 bits per heavy atom. The van der Waals surface area contributed by atoms with E-state index in [0.29, 0.717) is 11.6 Å². The van der Waals surface area contributed by atoms with Crippen LogP contribution in [0, 0.1) is 6.92 Å². The van der Waals surface area contributed by atoms with E-state index in [1.165, 1.54) is 0 Å². The zero-order valence-electron chi connectivity index (χ0n) is 9.41. The van der Waals surface area contributed by atoms with Gasteiger partial charge in [0.25, 0.3) is 0 Å². The predicted molar refractivity (Wildman–Crippen MR) is 64.2 cm³/mol. The van der Waals surface area contributed by atoms with Gasteiger partial charge in [0.15, 0.2) is 0 Å². The first kappa shape index (κ1) is 10.5. The molecule has 0 amide bonds. The first-order chi connectivity index (χ1) is 7.61. The maximum atomic E-state index is 9.72. The molecular weight excluding hydrogens is 202 g/mol. The Kier molecular flexibility index (Phi) is 2.56. The Bertz CT molecular complexity index is 517. The van der Waals surface area contributed by atoms with Gasteiger partial charge in [-0.1, -0.05) is 6.92 Å². The smallest absolute Gasteiger partial charge is 0.145 e. The number of anilines is 1. The minimum absolute atomic E-state index is 0.344. The van der Waals surface area contributed by atoms with Crippen molar-refractivity contribution in [2.45, 2.75) is 20.3 Å². The van der Waals surface area contributed by atoms with Crippen LogP contribution in [0.1, 0.15) is 18.1 Å². The maximum absolute atomic E-state index is 9.72. The standard InChI is InChI=1S/C12H15N3O/c1-3-8-5-9(7(2)4-11(8)16)10-6-12(13)15-14-10/h4-6,16H,3H2,1-2H3,(H3,13,14,15). The number of nitrogen functional groups attached to an aromatic ring is 1. The zero-order chi connectivity index (χ0) is 11.7. The van der Waals surface area contributed by atoms with Crippen LogP contribution in [-0.4, -0.2) is 15.3 Å². The number of aromatic amines is 1. The van der Waals surface area contributed by atoms with Crippen LogP contribution in [0.4, 0.5) is 5.82 Å². The SMILES string of the molecule is CCc1cc(-c2cc(N)n[nH]2)c(C)cc1O. The van der Waals surface area contributed by atoms with E-state index in [2.05, 4.69) is 10.2 Å². The van der Waals surface area contributed by atoms with Gasteiger partial charge in [-0.3, -0.25) is 5.10 Å². The molecular formula is C12H15N3O. The van der Waals surface area contributed by atoms with Crippen molar-refractivity contribution >= 4 is 5.82 Å². The fraction of sp³-hybridized carbons (Fsp3) is 0.250. The molecule has 4 heteroatoms. The number of aromatic nitrogens is 2. The van der Waals surface area contributed by atoms with Gasteiger partial charge in [0.1, 0.15) is 11.6 Å². The highest BCUT2D eigenvalue weighted by atomic mass is 16.3. The number of benzene rings is 1. The number of phenolic OH excluding ortho intramolecular Hbond substituents is 1. The summed E-state index contributed by atoms with van der Waals surface area (Å²) in [4.78, 5) is 0. The van der Waals surface area contributed by atoms with Crippen LogP contribution in [0.2, 0.25) is 0 Å². The van der Waals surface area contributed by atoms with Gasteiger partial charge >= 0.3 is 0 Å². The molecule has 4 N–H and O–H groups in total. The molecule has 4 nitrogen and oxygen atoms in total. The zero-order valence-corrected chi connectivity index (χ0v) is 9.41. The first-order valence-electron chi connectivity index (χ1n) is 5.25. The molecule has 0 radical (unpaired) electrons. The second-order valence-electron chi connectivity index (χ2n) is 3.86. The fourth-order valence-corrected chi connectivity index (χ4v) is 1.79. The molecule has 0 unspecified atom stereocenters. The quantitative estimate of drug-likeness (QED) is 0.722. The average Bonchev–Trinajstić information content (AvgIpc) is 2.65. The molecule has 1 aromatic carbocycles. The molecule has 16 heavy (non-hydrogen) atoms. The lowest BCUT2D eigenvalue weighted by molar-refractivity contribution is 0.468. The van der Waals surface area contributed by atoms with Crippen molar-refractivity contribution in [3.05, 3.63) is 29.3 Å². The molecule has 0 fully saturated rings. The third kappa shape index (κ3) is 1.74. The van der Waals surface area contributed by atoms with Gasteiger partial charge in [0, 0.05) is 11.6 Å². The number of hydrogen-bond donors (Lipinski definition) is 3. The van der Waals surface area contributed by atoms with Gasteiger partial charge in [-0.15, -0.1) is 0 Å². The highest BCUT2D eigenvalue weighted by Gasteiger charge is 2.09. The molecule has 1 aromatic heterocycles. The molecule has 0 saturated carbocycles. The Hall–Kier alpha value is -1.97. The van der Waals surface area contributed by atoms with Crippen molar-refractivity contribution in [1.29, 1.82) is 0 Å². The lowest BCUT2D eigenvalue weighted by Gasteiger charge is -2.08. The van der Waals surface area contributed by atoms with Crippen LogP contribution in [-0.2, 0) is 6.42 Å². The summed E-state index contributed by atoms with van der Waals surface area (Å²) in [6.45, 7) is 3.96. The molecule has 0 aliphatic heterocycles. The molecule has 0 aliphatic rings. The van der Waals surface area contributed by atoms with Crippen LogP contribution >= 0.6 is 0 Å². The summed E-state index contributed by atoms with van der Waals surface area (Å²) in [5.41, 5.74) is 9.40. The van der Waals surface area contributed by atoms with E-state index >= 15 is 0 Å². The molecule has 0 aliphatic carbocycles. The van der Waals surface area contributed by atoms with Crippen LogP contribution < -0.4 is 5.73 Å². The normalized spacial score (nSPS) is 10.6. The average molecular weight is 217 g/mol. The summed E-state index contributed by atoms with van der Waals surface area (Å²) >= 11 is 0. The van der Waals surface area contributed by atoms with Crippen molar-refractivity contribution in [3.63, 3.8) is 0 Å². The van der Waals surface area contributed by atoms with Crippen LogP contribution in [0.25, 0.3) is 11.3 Å². The van der Waals surface area contributed by atoms with E-state index in [9.17, 15) is 5.11 Å². The molecule has 2 rings (SSSR count). The lowest BCUT2D eigenvalue weighted by atomic mass is 10.00. The topological polar surface area (TPSA) is 74.9 Å². The first-order valence-corrected chi connectivity index (χ1v) is 5.25. The van der Waals surface area contributed by atoms with Gasteiger partial charge in [-0.25, -0.2) is 0 Å². The van der Waals surface area contributed by atoms with Crippen LogP contribution in [0.5, 0.6) is 5.75 Å². The van der Waals surface area contributed by atoms with Gasteiger partial charge in [-0.05, 0) is 36.6 Å². The van der Waals surface area contributed by atoms with Crippen molar-refractivity contribution in [2.75, 3.05) is 5.73 Å². The van der Waals surface area contributed by atoms with Crippen molar-refractivity contribution in [2.24, 2.45) is 0 Å². The number of H-pyrrole nitrogens is 1. The molecule has 84 valence electrons. The Morgan fingerprint density at radius 3 is 2.69 bits per heavy atom. The largest absolute Gasteiger partial charge is 0.508 e. The Balaban J connectivity index is 2.56. The molecule has 0 atom stereocenters. The molecule has 0 spiro atoms. The lowest BCUT2D eigenvalue weighted by Crippen LogP contribution is -1.89. The highest BCUT2D eigenvalue weighted by molar-refractivity contribution is 5.68. The van der Waals surface area contributed by atoms with Crippen LogP contribution in [0.3, 0.4) is 0 Å². The van der Waals surface area contributed by atoms with Crippen molar-refractivity contribution in [3.8, 4) is 17.0 Å². The summed E-state index contributed by atoms with van der Waals surface area (Å²) in [6, 6.07) is 5.53. The number of phenols is 1. The molecule has 1 heterocycles. The Morgan fingerprint density at radius 1 is 1.38 bits per heavy atom. The minimum atomic E-state index is 0.344. The second-order valence-corrected chi connectivity index (χ2v) is 3.86. The second kappa shape index (κ2) is 3.89. The number of nitrogens with two attached hydrogens (primary N) is 1. The monoisotopic (exact) mass is 217 g/mol. The van der Waals surface area contributed by atoms with Gasteiger partial charge in [-0.2, -0.15) is 5.10 Å². The summed E-state index contributed by atoms with van der Waals surface area (Å²) in [5.74, 6) is 0.816. The van der Waals surface area contributed by atoms with E-state index in [1.54, 1.807) is 12.1 Å². The third-order valence-corrected chi connectivity index (χ3v) is 2.69. The van der Waals surface area contributed by atoms with E-state index in [4.69, 9.17) is 5.73 Å². The van der Waals surface area contributed by atoms with Gasteiger partial charge < -0.3 is 10.8 Å². The van der Waals surface area contributed by atoms with Crippen molar-refractivity contribution in [1.82, 2.24) is 10.2 Å². The van der Waals surface area contributed by atoms with E-state index in [0.717, 1.165) is 28.8 Å². The highest BCUT2D eigenvalue weighted by Crippen LogP contribution is 2.29. The number of nitrogens with one attached hydrogen (secondary N) is 1. The van der Waals surface area contributed by atoms with Gasteiger partial charge in [0.05, 0.1) is 5.69 Å². The minimum Gasteiger partial charge on any atom is -0.508 e. The Labute approximate surface area is 94.1 Å². The predicted octanol–water partition coefficient (Wildman–Crippen LogP) is 2.24. The van der Waals surface area contributed by atoms with Crippen molar-refractivity contribution < 1.29 is 5.11 Å². The number of aryl methyl sites for hydroxylation is 2. The molecule has 0 bridgehead atoms. The summed E-state index contributed by atoms with van der Waals surface area (Å²) in [5, 5.41) is 16.5. The summed E-state index contributed by atoms with van der Waals surface area (Å²) in [6.07, 6.45) is 0.794. The molecule has 2 aromatic rings.